The molecule has 6 heteroatoms. The SMILES string of the molecule is Nc1cc(Br)cnc1NCC(=O)NC1CC1. The summed E-state index contributed by atoms with van der Waals surface area (Å²) < 4.78 is 0.818. The third-order valence-corrected chi connectivity index (χ3v) is 2.68. The number of nitrogens with two attached hydrogens (primary N) is 1. The second-order valence-corrected chi connectivity index (χ2v) is 4.70. The van der Waals surface area contributed by atoms with Crippen LogP contribution in [-0.2, 0) is 4.79 Å². The average molecular weight is 285 g/mol. The first-order valence-electron chi connectivity index (χ1n) is 5.09. The van der Waals surface area contributed by atoms with Crippen molar-refractivity contribution in [1.82, 2.24) is 10.3 Å². The number of pyridine rings is 1. The van der Waals surface area contributed by atoms with Crippen molar-refractivity contribution in [2.75, 3.05) is 17.6 Å². The van der Waals surface area contributed by atoms with Crippen molar-refractivity contribution in [2.45, 2.75) is 18.9 Å². The number of amides is 1. The van der Waals surface area contributed by atoms with Gasteiger partial charge in [-0.25, -0.2) is 4.98 Å². The van der Waals surface area contributed by atoms with Crippen LogP contribution in [0, 0.1) is 0 Å². The average Bonchev–Trinajstić information content (AvgIpc) is 3.00. The molecule has 1 fully saturated rings. The number of halogens is 1. The van der Waals surface area contributed by atoms with Gasteiger partial charge in [-0.1, -0.05) is 0 Å². The van der Waals surface area contributed by atoms with E-state index in [-0.39, 0.29) is 12.5 Å². The predicted molar refractivity (Wildman–Crippen MR) is 66.0 cm³/mol. The Morgan fingerprint density at radius 2 is 2.38 bits per heavy atom. The molecule has 0 saturated heterocycles. The minimum Gasteiger partial charge on any atom is -0.396 e. The zero-order valence-corrected chi connectivity index (χ0v) is 10.3. The van der Waals surface area contributed by atoms with Gasteiger partial charge in [0.05, 0.1) is 12.2 Å². The molecule has 4 N–H and O–H groups in total. The van der Waals surface area contributed by atoms with Crippen molar-refractivity contribution in [3.63, 3.8) is 0 Å². The van der Waals surface area contributed by atoms with Gasteiger partial charge in [0.2, 0.25) is 5.91 Å². The van der Waals surface area contributed by atoms with Gasteiger partial charge in [-0.3, -0.25) is 4.79 Å². The molecule has 16 heavy (non-hydrogen) atoms. The summed E-state index contributed by atoms with van der Waals surface area (Å²) in [6.45, 7) is 0.204. The molecule has 1 amide bonds. The fraction of sp³-hybridized carbons (Fsp3) is 0.400. The summed E-state index contributed by atoms with van der Waals surface area (Å²) in [5.41, 5.74) is 6.26. The second kappa shape index (κ2) is 4.69. The zero-order valence-electron chi connectivity index (χ0n) is 8.66. The highest BCUT2D eigenvalue weighted by Gasteiger charge is 2.22. The molecule has 1 saturated carbocycles. The number of rotatable bonds is 4. The van der Waals surface area contributed by atoms with Crippen molar-refractivity contribution in [3.05, 3.63) is 16.7 Å². The van der Waals surface area contributed by atoms with Crippen LogP contribution < -0.4 is 16.4 Å². The summed E-state index contributed by atoms with van der Waals surface area (Å²) in [7, 11) is 0. The van der Waals surface area contributed by atoms with E-state index >= 15 is 0 Å². The summed E-state index contributed by atoms with van der Waals surface area (Å²) in [6, 6.07) is 2.12. The van der Waals surface area contributed by atoms with Gasteiger partial charge in [0.25, 0.3) is 0 Å². The van der Waals surface area contributed by atoms with E-state index in [1.807, 2.05) is 0 Å². The van der Waals surface area contributed by atoms with Gasteiger partial charge >= 0.3 is 0 Å². The molecule has 0 spiro atoms. The van der Waals surface area contributed by atoms with Gasteiger partial charge in [-0.05, 0) is 34.8 Å². The maximum atomic E-state index is 11.4. The third-order valence-electron chi connectivity index (χ3n) is 2.24. The van der Waals surface area contributed by atoms with Crippen LogP contribution in [0.5, 0.6) is 0 Å². The topological polar surface area (TPSA) is 80.0 Å². The van der Waals surface area contributed by atoms with Gasteiger partial charge in [0, 0.05) is 16.7 Å². The first kappa shape index (κ1) is 11.2. The van der Waals surface area contributed by atoms with Gasteiger partial charge in [0.1, 0.15) is 5.82 Å². The summed E-state index contributed by atoms with van der Waals surface area (Å²) >= 11 is 3.27. The molecule has 1 aliphatic rings. The van der Waals surface area contributed by atoms with Crippen LogP contribution in [0.4, 0.5) is 11.5 Å². The minimum absolute atomic E-state index is 0.0216. The minimum atomic E-state index is -0.0216. The first-order valence-corrected chi connectivity index (χ1v) is 5.88. The maximum Gasteiger partial charge on any atom is 0.239 e. The normalized spacial score (nSPS) is 14.6. The van der Waals surface area contributed by atoms with E-state index in [1.54, 1.807) is 12.3 Å². The number of nitrogens with one attached hydrogen (secondary N) is 2. The van der Waals surface area contributed by atoms with E-state index in [0.717, 1.165) is 17.3 Å². The van der Waals surface area contributed by atoms with E-state index in [2.05, 4.69) is 31.5 Å². The Morgan fingerprint density at radius 1 is 1.62 bits per heavy atom. The zero-order chi connectivity index (χ0) is 11.5. The quantitative estimate of drug-likeness (QED) is 0.774. The molecule has 1 aromatic rings. The molecule has 0 atom stereocenters. The highest BCUT2D eigenvalue weighted by molar-refractivity contribution is 9.10. The molecule has 0 unspecified atom stereocenters. The number of anilines is 2. The van der Waals surface area contributed by atoms with Crippen molar-refractivity contribution in [1.29, 1.82) is 0 Å². The molecule has 1 heterocycles. The lowest BCUT2D eigenvalue weighted by atomic mass is 10.4. The highest BCUT2D eigenvalue weighted by atomic mass is 79.9. The molecular weight excluding hydrogens is 272 g/mol. The molecule has 86 valence electrons. The summed E-state index contributed by atoms with van der Waals surface area (Å²) in [4.78, 5) is 15.5. The van der Waals surface area contributed by atoms with Crippen LogP contribution in [0.3, 0.4) is 0 Å². The van der Waals surface area contributed by atoms with E-state index < -0.39 is 0 Å². The summed E-state index contributed by atoms with van der Waals surface area (Å²) in [5, 5.41) is 5.78. The molecule has 0 aliphatic heterocycles. The smallest absolute Gasteiger partial charge is 0.239 e. The highest BCUT2D eigenvalue weighted by Crippen LogP contribution is 2.20. The Balaban J connectivity index is 1.85. The number of aromatic nitrogens is 1. The van der Waals surface area contributed by atoms with Crippen molar-refractivity contribution in [2.24, 2.45) is 0 Å². The van der Waals surface area contributed by atoms with Crippen molar-refractivity contribution < 1.29 is 4.79 Å². The van der Waals surface area contributed by atoms with Crippen LogP contribution in [-0.4, -0.2) is 23.5 Å². The summed E-state index contributed by atoms with van der Waals surface area (Å²) in [6.07, 6.45) is 3.81. The first-order chi connectivity index (χ1) is 7.65. The Bertz CT molecular complexity index is 406. The lowest BCUT2D eigenvalue weighted by Gasteiger charge is -2.08. The van der Waals surface area contributed by atoms with E-state index in [9.17, 15) is 4.79 Å². The Kier molecular flexibility index (Phi) is 3.28. The molecule has 0 bridgehead atoms. The van der Waals surface area contributed by atoms with Crippen LogP contribution in [0.15, 0.2) is 16.7 Å². The standard InChI is InChI=1S/C10H13BrN4O/c11-6-3-8(12)10(13-4-6)14-5-9(16)15-7-1-2-7/h3-4,7H,1-2,5,12H2,(H,13,14)(H,15,16). The fourth-order valence-corrected chi connectivity index (χ4v) is 1.62. The van der Waals surface area contributed by atoms with Crippen LogP contribution in [0.25, 0.3) is 0 Å². The van der Waals surface area contributed by atoms with Crippen LogP contribution in [0.1, 0.15) is 12.8 Å². The number of nitrogen functional groups attached to an aromatic ring is 1. The molecule has 0 aromatic carbocycles. The van der Waals surface area contributed by atoms with Crippen LogP contribution >= 0.6 is 15.9 Å². The van der Waals surface area contributed by atoms with Crippen LogP contribution in [0.2, 0.25) is 0 Å². The van der Waals surface area contributed by atoms with Gasteiger partial charge in [-0.2, -0.15) is 0 Å². The Labute approximate surface area is 102 Å². The fourth-order valence-electron chi connectivity index (χ4n) is 1.27. The second-order valence-electron chi connectivity index (χ2n) is 3.79. The molecule has 1 aromatic heterocycles. The maximum absolute atomic E-state index is 11.4. The number of carbonyl (C=O) groups is 1. The predicted octanol–water partition coefficient (Wildman–Crippen LogP) is 1.12. The molecular formula is C10H13BrN4O. The van der Waals surface area contributed by atoms with E-state index in [0.29, 0.717) is 17.5 Å². The number of nitrogens with zero attached hydrogens (tertiary/aromatic N) is 1. The largest absolute Gasteiger partial charge is 0.396 e. The number of carbonyl (C=O) groups excluding carboxylic acids is 1. The molecule has 1 aliphatic carbocycles. The molecule has 2 rings (SSSR count). The van der Waals surface area contributed by atoms with Crippen molar-refractivity contribution >= 4 is 33.3 Å². The van der Waals surface area contributed by atoms with E-state index in [1.165, 1.54) is 0 Å². The van der Waals surface area contributed by atoms with E-state index in [4.69, 9.17) is 5.73 Å². The third kappa shape index (κ3) is 3.10. The number of hydrogen-bond acceptors (Lipinski definition) is 4. The summed E-state index contributed by atoms with van der Waals surface area (Å²) in [5.74, 6) is 0.515. The molecule has 0 radical (unpaired) electrons. The molecule has 5 nitrogen and oxygen atoms in total. The lowest BCUT2D eigenvalue weighted by Crippen LogP contribution is -2.31. The monoisotopic (exact) mass is 284 g/mol. The number of hydrogen-bond donors (Lipinski definition) is 3. The Morgan fingerprint density at radius 3 is 3.00 bits per heavy atom. The van der Waals surface area contributed by atoms with Gasteiger partial charge < -0.3 is 16.4 Å². The van der Waals surface area contributed by atoms with Gasteiger partial charge in [0.15, 0.2) is 0 Å². The van der Waals surface area contributed by atoms with Crippen molar-refractivity contribution in [3.8, 4) is 0 Å². The van der Waals surface area contributed by atoms with Gasteiger partial charge in [-0.15, -0.1) is 0 Å². The lowest BCUT2D eigenvalue weighted by molar-refractivity contribution is -0.119. The Hall–Kier alpha value is -1.30.